The first-order valence-electron chi connectivity index (χ1n) is 11.8. The molecule has 1 heterocycles. The van der Waals surface area contributed by atoms with Crippen LogP contribution in [-0.4, -0.2) is 48.9 Å². The molecule has 2 aromatic carbocycles. The molecule has 0 saturated heterocycles. The van der Waals surface area contributed by atoms with Crippen molar-refractivity contribution in [3.63, 3.8) is 0 Å². The fourth-order valence-corrected chi connectivity index (χ4v) is 4.35. The Hall–Kier alpha value is -3.63. The maximum atomic E-state index is 11.8. The summed E-state index contributed by atoms with van der Waals surface area (Å²) in [6.07, 6.45) is 3.64. The van der Waals surface area contributed by atoms with Gasteiger partial charge in [0.2, 0.25) is 0 Å². The molecule has 1 aromatic heterocycles. The number of nitrogens with two attached hydrogens (primary N) is 1. The van der Waals surface area contributed by atoms with Gasteiger partial charge in [-0.3, -0.25) is 10.1 Å². The van der Waals surface area contributed by atoms with Crippen LogP contribution in [0.2, 0.25) is 0 Å². The number of amidine groups is 1. The van der Waals surface area contributed by atoms with Crippen molar-refractivity contribution in [2.24, 2.45) is 10.9 Å². The van der Waals surface area contributed by atoms with Crippen molar-refractivity contribution in [1.29, 1.82) is 0 Å². The molecule has 36 heavy (non-hydrogen) atoms. The number of amides is 1. The normalized spacial score (nSPS) is 11.3. The van der Waals surface area contributed by atoms with E-state index >= 15 is 0 Å². The Morgan fingerprint density at radius 3 is 2.19 bits per heavy atom. The van der Waals surface area contributed by atoms with Crippen molar-refractivity contribution in [2.75, 3.05) is 32.2 Å². The van der Waals surface area contributed by atoms with Gasteiger partial charge in [-0.15, -0.1) is 11.3 Å². The molecule has 0 fully saturated rings. The molecule has 0 spiro atoms. The fraction of sp³-hybridized carbons (Fsp3) is 0.346. The SMILES string of the molecule is CCc1sc(NC(=O)COC)nc1-c1ccc(OCCCCCOc2ccc(C(N)=NO)cc2)cc1. The third-order valence-electron chi connectivity index (χ3n) is 5.25. The van der Waals surface area contributed by atoms with Crippen LogP contribution < -0.4 is 20.5 Å². The van der Waals surface area contributed by atoms with E-state index in [1.54, 1.807) is 24.3 Å². The summed E-state index contributed by atoms with van der Waals surface area (Å²) in [5.41, 5.74) is 8.06. The largest absolute Gasteiger partial charge is 0.494 e. The number of methoxy groups -OCH3 is 1. The van der Waals surface area contributed by atoms with Crippen molar-refractivity contribution in [1.82, 2.24) is 4.98 Å². The summed E-state index contributed by atoms with van der Waals surface area (Å²) in [6.45, 7) is 3.31. The first-order chi connectivity index (χ1) is 17.5. The van der Waals surface area contributed by atoms with E-state index in [9.17, 15) is 4.79 Å². The molecular weight excluding hydrogens is 480 g/mol. The first kappa shape index (κ1) is 27.0. The van der Waals surface area contributed by atoms with Crippen molar-refractivity contribution in [2.45, 2.75) is 32.6 Å². The monoisotopic (exact) mass is 512 g/mol. The number of carbonyl (C=O) groups is 1. The van der Waals surface area contributed by atoms with Crippen molar-refractivity contribution < 1.29 is 24.2 Å². The van der Waals surface area contributed by atoms with Gasteiger partial charge >= 0.3 is 0 Å². The summed E-state index contributed by atoms with van der Waals surface area (Å²) in [7, 11) is 1.48. The van der Waals surface area contributed by atoms with E-state index in [-0.39, 0.29) is 18.3 Å². The van der Waals surface area contributed by atoms with Crippen LogP contribution in [-0.2, 0) is 16.0 Å². The second kappa shape index (κ2) is 14.1. The van der Waals surface area contributed by atoms with Crippen molar-refractivity contribution in [3.05, 3.63) is 59.0 Å². The van der Waals surface area contributed by atoms with E-state index in [4.69, 9.17) is 25.2 Å². The van der Waals surface area contributed by atoms with E-state index < -0.39 is 0 Å². The number of ether oxygens (including phenoxy) is 3. The Bertz CT molecular complexity index is 1130. The van der Waals surface area contributed by atoms with E-state index in [1.165, 1.54) is 18.4 Å². The molecule has 0 unspecified atom stereocenters. The fourth-order valence-electron chi connectivity index (χ4n) is 3.41. The quantitative estimate of drug-likeness (QED) is 0.0940. The average molecular weight is 513 g/mol. The van der Waals surface area contributed by atoms with Crippen LogP contribution in [0.5, 0.6) is 11.5 Å². The summed E-state index contributed by atoms with van der Waals surface area (Å²) in [4.78, 5) is 17.5. The summed E-state index contributed by atoms with van der Waals surface area (Å²) < 4.78 is 16.5. The van der Waals surface area contributed by atoms with Crippen LogP contribution in [0.15, 0.2) is 53.7 Å². The first-order valence-corrected chi connectivity index (χ1v) is 12.6. The molecule has 0 bridgehead atoms. The number of carbonyl (C=O) groups excluding carboxylic acids is 1. The third kappa shape index (κ3) is 7.96. The van der Waals surface area contributed by atoms with Crippen LogP contribution in [0.1, 0.15) is 36.6 Å². The number of aryl methyl sites for hydroxylation is 1. The number of nitrogens with one attached hydrogen (secondary N) is 1. The number of anilines is 1. The predicted molar refractivity (Wildman–Crippen MR) is 141 cm³/mol. The van der Waals surface area contributed by atoms with E-state index in [1.807, 2.05) is 24.3 Å². The number of nitrogens with zero attached hydrogens (tertiary/aromatic N) is 2. The van der Waals surface area contributed by atoms with Crippen LogP contribution >= 0.6 is 11.3 Å². The molecule has 0 saturated carbocycles. The van der Waals surface area contributed by atoms with Crippen LogP contribution in [0, 0.1) is 0 Å². The van der Waals surface area contributed by atoms with Gasteiger partial charge in [0.15, 0.2) is 11.0 Å². The van der Waals surface area contributed by atoms with E-state index in [2.05, 4.69) is 22.4 Å². The lowest BCUT2D eigenvalue weighted by molar-refractivity contribution is -0.119. The van der Waals surface area contributed by atoms with Gasteiger partial charge < -0.3 is 25.2 Å². The molecule has 0 aliphatic rings. The number of hydrogen-bond donors (Lipinski definition) is 3. The van der Waals surface area contributed by atoms with Gasteiger partial charge in [-0.2, -0.15) is 0 Å². The van der Waals surface area contributed by atoms with Gasteiger partial charge in [-0.1, -0.05) is 12.1 Å². The summed E-state index contributed by atoms with van der Waals surface area (Å²) in [5, 5.41) is 15.0. The highest BCUT2D eigenvalue weighted by Crippen LogP contribution is 2.32. The molecule has 3 rings (SSSR count). The van der Waals surface area contributed by atoms with Crippen molar-refractivity contribution >= 4 is 28.2 Å². The zero-order valence-electron chi connectivity index (χ0n) is 20.5. The summed E-state index contributed by atoms with van der Waals surface area (Å²) in [5.74, 6) is 1.41. The second-order valence-electron chi connectivity index (χ2n) is 7.92. The minimum absolute atomic E-state index is 0.00137. The highest BCUT2D eigenvalue weighted by Gasteiger charge is 2.14. The van der Waals surface area contributed by atoms with Gasteiger partial charge in [0.1, 0.15) is 18.1 Å². The number of benzene rings is 2. The number of rotatable bonds is 14. The van der Waals surface area contributed by atoms with Crippen LogP contribution in [0.25, 0.3) is 11.3 Å². The predicted octanol–water partition coefficient (Wildman–Crippen LogP) is 4.68. The van der Waals surface area contributed by atoms with Gasteiger partial charge in [0.05, 0.1) is 18.9 Å². The maximum Gasteiger partial charge on any atom is 0.252 e. The topological polar surface area (TPSA) is 128 Å². The van der Waals surface area contributed by atoms with Gasteiger partial charge in [0, 0.05) is 23.1 Å². The third-order valence-corrected chi connectivity index (χ3v) is 6.37. The molecular formula is C26H32N4O5S. The van der Waals surface area contributed by atoms with Gasteiger partial charge in [-0.05, 0) is 74.2 Å². The van der Waals surface area contributed by atoms with Gasteiger partial charge in [-0.25, -0.2) is 4.98 Å². The molecule has 9 nitrogen and oxygen atoms in total. The Morgan fingerprint density at radius 1 is 1.03 bits per heavy atom. The average Bonchev–Trinajstić information content (AvgIpc) is 3.31. The standard InChI is InChI=1S/C26H32N4O5S/c1-3-22-24(29-26(36-22)28-23(31)17-33-2)18-7-11-20(12-8-18)34-15-5-4-6-16-35-21-13-9-19(10-14-21)25(27)30-32/h7-14,32H,3-6,15-17H2,1-2H3,(H2,27,30)(H,28,29,31). The molecule has 0 aliphatic carbocycles. The van der Waals surface area contributed by atoms with E-state index in [0.29, 0.717) is 23.9 Å². The molecule has 3 aromatic rings. The lowest BCUT2D eigenvalue weighted by atomic mass is 10.1. The Kier molecular flexibility index (Phi) is 10.5. The zero-order valence-corrected chi connectivity index (χ0v) is 21.3. The molecule has 4 N–H and O–H groups in total. The second-order valence-corrected chi connectivity index (χ2v) is 9.00. The molecule has 192 valence electrons. The highest BCUT2D eigenvalue weighted by molar-refractivity contribution is 7.16. The smallest absolute Gasteiger partial charge is 0.252 e. The zero-order chi connectivity index (χ0) is 25.8. The Balaban J connectivity index is 1.39. The van der Waals surface area contributed by atoms with Crippen LogP contribution in [0.3, 0.4) is 0 Å². The summed E-state index contributed by atoms with van der Waals surface area (Å²) >= 11 is 1.48. The number of thiazole rings is 1. The maximum absolute atomic E-state index is 11.8. The number of oxime groups is 1. The molecule has 1 amide bonds. The Labute approximate surface area is 214 Å². The number of aromatic nitrogens is 1. The number of unbranched alkanes of at least 4 members (excludes halogenated alkanes) is 2. The Morgan fingerprint density at radius 2 is 1.64 bits per heavy atom. The van der Waals surface area contributed by atoms with Crippen LogP contribution in [0.4, 0.5) is 5.13 Å². The lowest BCUT2D eigenvalue weighted by Crippen LogP contribution is -2.16. The molecule has 0 atom stereocenters. The molecule has 10 heteroatoms. The van der Waals surface area contributed by atoms with E-state index in [0.717, 1.165) is 53.3 Å². The highest BCUT2D eigenvalue weighted by atomic mass is 32.1. The minimum Gasteiger partial charge on any atom is -0.494 e. The number of hydrogen-bond acceptors (Lipinski definition) is 8. The summed E-state index contributed by atoms with van der Waals surface area (Å²) in [6, 6.07) is 15.0. The minimum atomic E-state index is -0.218. The van der Waals surface area contributed by atoms with Gasteiger partial charge in [0.25, 0.3) is 5.91 Å². The van der Waals surface area contributed by atoms with Crippen molar-refractivity contribution in [3.8, 4) is 22.8 Å². The molecule has 0 radical (unpaired) electrons. The lowest BCUT2D eigenvalue weighted by Gasteiger charge is -2.08. The molecule has 0 aliphatic heterocycles.